The summed E-state index contributed by atoms with van der Waals surface area (Å²) in [6.45, 7) is 4.41. The predicted octanol–water partition coefficient (Wildman–Crippen LogP) is 1.99. The van der Waals surface area contributed by atoms with Crippen LogP contribution in [-0.4, -0.2) is 34.1 Å². The predicted molar refractivity (Wildman–Crippen MR) is 72.8 cm³/mol. The average Bonchev–Trinajstić information content (AvgIpc) is 2.39. The van der Waals surface area contributed by atoms with Gasteiger partial charge in [0.1, 0.15) is 0 Å². The van der Waals surface area contributed by atoms with E-state index in [2.05, 4.69) is 4.98 Å². The number of pyridine rings is 1. The molecule has 2 rings (SSSR count). The number of anilines is 1. The normalized spacial score (nSPS) is 17.8. The Labute approximate surface area is 116 Å². The fraction of sp³-hybridized carbons (Fsp3) is 0.538. The fourth-order valence-electron chi connectivity index (χ4n) is 2.34. The van der Waals surface area contributed by atoms with Gasteiger partial charge in [-0.15, -0.1) is 0 Å². The van der Waals surface area contributed by atoms with E-state index in [1.54, 1.807) is 24.8 Å². The Hall–Kier alpha value is -2.18. The summed E-state index contributed by atoms with van der Waals surface area (Å²) in [6.07, 6.45) is 0.907. The number of hydrogen-bond acceptors (Lipinski definition) is 5. The van der Waals surface area contributed by atoms with E-state index in [0.717, 1.165) is 0 Å². The molecule has 1 aromatic rings. The van der Waals surface area contributed by atoms with Gasteiger partial charge in [0, 0.05) is 24.8 Å². The van der Waals surface area contributed by atoms with Crippen LogP contribution in [0.4, 0.5) is 11.5 Å². The smallest absolute Gasteiger partial charge is 0.311 e. The summed E-state index contributed by atoms with van der Waals surface area (Å²) in [5, 5.41) is 20.3. The molecule has 1 N–H and O–H groups in total. The van der Waals surface area contributed by atoms with Crippen molar-refractivity contribution in [1.82, 2.24) is 4.98 Å². The number of nitro groups is 1. The SMILES string of the molecule is Cc1ccc([N+](=O)[O-])c(N2CCC(C)(C(=O)O)CC2)n1. The molecule has 1 aliphatic heterocycles. The van der Waals surface area contributed by atoms with Crippen molar-refractivity contribution in [2.75, 3.05) is 18.0 Å². The average molecular weight is 279 g/mol. The summed E-state index contributed by atoms with van der Waals surface area (Å²) < 4.78 is 0. The van der Waals surface area contributed by atoms with E-state index >= 15 is 0 Å². The van der Waals surface area contributed by atoms with Crippen molar-refractivity contribution in [2.45, 2.75) is 26.7 Å². The van der Waals surface area contributed by atoms with Crippen molar-refractivity contribution >= 4 is 17.5 Å². The molecule has 0 unspecified atom stereocenters. The summed E-state index contributed by atoms with van der Waals surface area (Å²) in [6, 6.07) is 3.05. The van der Waals surface area contributed by atoms with Gasteiger partial charge in [-0.25, -0.2) is 4.98 Å². The number of nitrogens with zero attached hydrogens (tertiary/aromatic N) is 3. The Kier molecular flexibility index (Phi) is 3.61. The lowest BCUT2D eigenvalue weighted by molar-refractivity contribution is -0.384. The van der Waals surface area contributed by atoms with Gasteiger partial charge >= 0.3 is 11.7 Å². The molecule has 1 aromatic heterocycles. The zero-order valence-corrected chi connectivity index (χ0v) is 11.5. The third-order valence-electron chi connectivity index (χ3n) is 3.87. The highest BCUT2D eigenvalue weighted by Crippen LogP contribution is 2.35. The Morgan fingerprint density at radius 2 is 2.05 bits per heavy atom. The van der Waals surface area contributed by atoms with Gasteiger partial charge in [0.2, 0.25) is 5.82 Å². The Morgan fingerprint density at radius 3 is 2.55 bits per heavy atom. The van der Waals surface area contributed by atoms with E-state index in [4.69, 9.17) is 0 Å². The molecule has 1 aliphatic rings. The number of hydrogen-bond donors (Lipinski definition) is 1. The second-order valence-electron chi connectivity index (χ2n) is 5.41. The van der Waals surface area contributed by atoms with Crippen LogP contribution >= 0.6 is 0 Å². The zero-order chi connectivity index (χ0) is 14.9. The molecule has 2 heterocycles. The zero-order valence-electron chi connectivity index (χ0n) is 11.5. The second kappa shape index (κ2) is 5.07. The monoisotopic (exact) mass is 279 g/mol. The number of carboxylic acid groups (broad SMARTS) is 1. The summed E-state index contributed by atoms with van der Waals surface area (Å²) in [7, 11) is 0. The molecule has 1 fully saturated rings. The first-order chi connectivity index (χ1) is 9.33. The molecule has 20 heavy (non-hydrogen) atoms. The fourth-order valence-corrected chi connectivity index (χ4v) is 2.34. The van der Waals surface area contributed by atoms with Crippen molar-refractivity contribution in [3.8, 4) is 0 Å². The molecular formula is C13H17N3O4. The number of aryl methyl sites for hydroxylation is 1. The quantitative estimate of drug-likeness (QED) is 0.671. The Bertz CT molecular complexity index is 551. The standard InChI is InChI=1S/C13H17N3O4/c1-9-3-4-10(16(19)20)11(14-9)15-7-5-13(2,6-8-15)12(17)18/h3-4H,5-8H2,1-2H3,(H,17,18). The number of carboxylic acids is 1. The van der Waals surface area contributed by atoms with Crippen LogP contribution < -0.4 is 4.90 Å². The van der Waals surface area contributed by atoms with Gasteiger partial charge in [-0.05, 0) is 32.8 Å². The van der Waals surface area contributed by atoms with Gasteiger partial charge in [0.15, 0.2) is 0 Å². The maximum absolute atomic E-state index is 11.2. The lowest BCUT2D eigenvalue weighted by Gasteiger charge is -2.36. The van der Waals surface area contributed by atoms with Crippen molar-refractivity contribution in [3.05, 3.63) is 27.9 Å². The largest absolute Gasteiger partial charge is 0.481 e. The molecule has 0 radical (unpaired) electrons. The maximum atomic E-state index is 11.2. The summed E-state index contributed by atoms with van der Waals surface area (Å²) in [4.78, 5) is 27.9. The van der Waals surface area contributed by atoms with Crippen LogP contribution in [0, 0.1) is 22.5 Å². The van der Waals surface area contributed by atoms with Crippen molar-refractivity contribution < 1.29 is 14.8 Å². The number of carbonyl (C=O) groups is 1. The van der Waals surface area contributed by atoms with Crippen molar-refractivity contribution in [2.24, 2.45) is 5.41 Å². The van der Waals surface area contributed by atoms with Crippen LogP contribution in [0.5, 0.6) is 0 Å². The number of rotatable bonds is 3. The van der Waals surface area contributed by atoms with E-state index in [1.165, 1.54) is 6.07 Å². The number of aromatic nitrogens is 1. The summed E-state index contributed by atoms with van der Waals surface area (Å²) in [5.41, 5.74) is -0.0820. The molecule has 0 atom stereocenters. The van der Waals surface area contributed by atoms with Crippen molar-refractivity contribution in [3.63, 3.8) is 0 Å². The number of piperidine rings is 1. The minimum atomic E-state index is -0.816. The first-order valence-electron chi connectivity index (χ1n) is 6.44. The van der Waals surface area contributed by atoms with E-state index in [1.807, 2.05) is 0 Å². The van der Waals surface area contributed by atoms with Gasteiger partial charge in [0.25, 0.3) is 0 Å². The molecule has 0 bridgehead atoms. The third-order valence-corrected chi connectivity index (χ3v) is 3.87. The van der Waals surface area contributed by atoms with Gasteiger partial charge in [-0.2, -0.15) is 0 Å². The maximum Gasteiger partial charge on any atom is 0.311 e. The highest BCUT2D eigenvalue weighted by Gasteiger charge is 2.38. The number of aliphatic carboxylic acids is 1. The molecule has 0 aromatic carbocycles. The highest BCUT2D eigenvalue weighted by atomic mass is 16.6. The molecular weight excluding hydrogens is 262 g/mol. The molecule has 1 saturated heterocycles. The summed E-state index contributed by atoms with van der Waals surface area (Å²) >= 11 is 0. The van der Waals surface area contributed by atoms with Crippen molar-refractivity contribution in [1.29, 1.82) is 0 Å². The third kappa shape index (κ3) is 2.56. The van der Waals surface area contributed by atoms with Crippen LogP contribution in [0.25, 0.3) is 0 Å². The van der Waals surface area contributed by atoms with E-state index in [0.29, 0.717) is 37.4 Å². The molecule has 7 nitrogen and oxygen atoms in total. The molecule has 7 heteroatoms. The Morgan fingerprint density at radius 1 is 1.45 bits per heavy atom. The molecule has 0 aliphatic carbocycles. The van der Waals surface area contributed by atoms with Crippen LogP contribution in [0.15, 0.2) is 12.1 Å². The van der Waals surface area contributed by atoms with E-state index < -0.39 is 16.3 Å². The van der Waals surface area contributed by atoms with Crippen LogP contribution in [-0.2, 0) is 4.79 Å². The topological polar surface area (TPSA) is 96.6 Å². The first kappa shape index (κ1) is 14.2. The van der Waals surface area contributed by atoms with E-state index in [-0.39, 0.29) is 5.69 Å². The highest BCUT2D eigenvalue weighted by molar-refractivity contribution is 5.74. The van der Waals surface area contributed by atoms with Gasteiger partial charge in [-0.3, -0.25) is 14.9 Å². The molecule has 0 saturated carbocycles. The molecule has 108 valence electrons. The van der Waals surface area contributed by atoms with E-state index in [9.17, 15) is 20.0 Å². The van der Waals surface area contributed by atoms with Gasteiger partial charge in [0.05, 0.1) is 10.3 Å². The van der Waals surface area contributed by atoms with Crippen LogP contribution in [0.3, 0.4) is 0 Å². The summed E-state index contributed by atoms with van der Waals surface area (Å²) in [5.74, 6) is -0.480. The lowest BCUT2D eigenvalue weighted by atomic mass is 9.80. The first-order valence-corrected chi connectivity index (χ1v) is 6.44. The van der Waals surface area contributed by atoms with Gasteiger partial charge in [-0.1, -0.05) is 0 Å². The van der Waals surface area contributed by atoms with Gasteiger partial charge < -0.3 is 10.0 Å². The molecule has 0 amide bonds. The van der Waals surface area contributed by atoms with Crippen LogP contribution in [0.2, 0.25) is 0 Å². The second-order valence-corrected chi connectivity index (χ2v) is 5.41. The Balaban J connectivity index is 2.25. The molecule has 0 spiro atoms. The van der Waals surface area contributed by atoms with Crippen LogP contribution in [0.1, 0.15) is 25.5 Å². The minimum Gasteiger partial charge on any atom is -0.481 e. The minimum absolute atomic E-state index is 0.0328. The lowest BCUT2D eigenvalue weighted by Crippen LogP contribution is -2.43.